The van der Waals surface area contributed by atoms with Gasteiger partial charge in [0.25, 0.3) is 0 Å². The Hall–Kier alpha value is -1.05. The fourth-order valence-electron chi connectivity index (χ4n) is 1.19. The van der Waals surface area contributed by atoms with Gasteiger partial charge in [-0.05, 0) is 19.1 Å². The maximum atomic E-state index is 12.2. The van der Waals surface area contributed by atoms with Gasteiger partial charge < -0.3 is 0 Å². The summed E-state index contributed by atoms with van der Waals surface area (Å²) in [6.45, 7) is 1.48. The summed E-state index contributed by atoms with van der Waals surface area (Å²) < 4.78 is 73.3. The first-order valence-electron chi connectivity index (χ1n) is 4.27. The molecule has 0 aliphatic rings. The fourth-order valence-corrected chi connectivity index (χ4v) is 2.03. The zero-order valence-corrected chi connectivity index (χ0v) is 9.13. The van der Waals surface area contributed by atoms with Gasteiger partial charge >= 0.3 is 12.4 Å². The van der Waals surface area contributed by atoms with Gasteiger partial charge in [0.2, 0.25) is 5.92 Å². The van der Waals surface area contributed by atoms with E-state index < -0.39 is 28.9 Å². The molecule has 0 aliphatic carbocycles. The molecule has 0 radical (unpaired) electrons. The number of rotatable bonds is 2. The minimum atomic E-state index is -5.63. The number of aryl methyl sites for hydroxylation is 1. The minimum Gasteiger partial charge on any atom is -0.292 e. The predicted octanol–water partition coefficient (Wildman–Crippen LogP) is 3.98. The Bertz CT molecular complexity index is 402. The third-order valence-corrected chi connectivity index (χ3v) is 2.92. The van der Waals surface area contributed by atoms with E-state index in [1.165, 1.54) is 13.0 Å². The van der Waals surface area contributed by atoms with Crippen molar-refractivity contribution in [3.8, 4) is 0 Å². The highest BCUT2D eigenvalue weighted by Crippen LogP contribution is 2.41. The van der Waals surface area contributed by atoms with Crippen LogP contribution < -0.4 is 0 Å². The number of ketones is 1. The van der Waals surface area contributed by atoms with Gasteiger partial charge in [-0.25, -0.2) is 0 Å². The van der Waals surface area contributed by atoms with Crippen molar-refractivity contribution in [2.24, 2.45) is 5.92 Å². The molecule has 8 heteroatoms. The molecule has 1 heterocycles. The van der Waals surface area contributed by atoms with Crippen LogP contribution in [0.2, 0.25) is 0 Å². The van der Waals surface area contributed by atoms with E-state index in [0.717, 1.165) is 6.07 Å². The lowest BCUT2D eigenvalue weighted by Gasteiger charge is -2.20. The van der Waals surface area contributed by atoms with Crippen molar-refractivity contribution in [3.63, 3.8) is 0 Å². The molecule has 1 aromatic heterocycles. The van der Waals surface area contributed by atoms with Crippen molar-refractivity contribution in [2.45, 2.75) is 19.3 Å². The number of halogens is 6. The van der Waals surface area contributed by atoms with Gasteiger partial charge in [-0.3, -0.25) is 4.79 Å². The van der Waals surface area contributed by atoms with Gasteiger partial charge in [0.15, 0.2) is 5.78 Å². The van der Waals surface area contributed by atoms with Gasteiger partial charge in [-0.1, -0.05) is 0 Å². The topological polar surface area (TPSA) is 17.1 Å². The highest BCUT2D eigenvalue weighted by atomic mass is 32.1. The summed E-state index contributed by atoms with van der Waals surface area (Å²) in [7, 11) is 0. The molecule has 0 spiro atoms. The zero-order chi connectivity index (χ0) is 13.4. The van der Waals surface area contributed by atoms with Crippen LogP contribution in [-0.2, 0) is 0 Å². The van der Waals surface area contributed by atoms with Crippen LogP contribution in [0.1, 0.15) is 14.5 Å². The quantitative estimate of drug-likeness (QED) is 0.590. The van der Waals surface area contributed by atoms with Crippen molar-refractivity contribution >= 4 is 17.1 Å². The number of thiophene rings is 1. The first kappa shape index (κ1) is 14.0. The van der Waals surface area contributed by atoms with Crippen molar-refractivity contribution in [1.29, 1.82) is 0 Å². The number of carbonyl (C=O) groups is 1. The van der Waals surface area contributed by atoms with E-state index >= 15 is 0 Å². The van der Waals surface area contributed by atoms with Gasteiger partial charge in [-0.2, -0.15) is 26.3 Å². The van der Waals surface area contributed by atoms with E-state index in [-0.39, 0.29) is 0 Å². The molecule has 0 fully saturated rings. The maximum absolute atomic E-state index is 12.2. The van der Waals surface area contributed by atoms with Crippen LogP contribution in [0, 0.1) is 12.8 Å². The molecule has 0 aromatic carbocycles. The highest BCUT2D eigenvalue weighted by molar-refractivity contribution is 7.14. The maximum Gasteiger partial charge on any atom is 0.407 e. The molecular formula is C9H6F6OS. The summed E-state index contributed by atoms with van der Waals surface area (Å²) in [6, 6.07) is 2.26. The van der Waals surface area contributed by atoms with Crippen LogP contribution in [-0.4, -0.2) is 18.1 Å². The Morgan fingerprint density at radius 1 is 1.12 bits per heavy atom. The molecule has 0 saturated heterocycles. The molecule has 1 aromatic rings. The average Bonchev–Trinajstić information content (AvgIpc) is 2.45. The second-order valence-electron chi connectivity index (χ2n) is 3.29. The lowest BCUT2D eigenvalue weighted by atomic mass is 10.0. The number of Topliss-reactive ketones (excluding diaryl/α,β-unsaturated/α-hetero) is 1. The van der Waals surface area contributed by atoms with Gasteiger partial charge in [0, 0.05) is 4.88 Å². The fraction of sp³-hybridized carbons (Fsp3) is 0.444. The summed E-state index contributed by atoms with van der Waals surface area (Å²) in [5, 5.41) is 0. The smallest absolute Gasteiger partial charge is 0.292 e. The Morgan fingerprint density at radius 3 is 1.88 bits per heavy atom. The Labute approximate surface area is 96.1 Å². The lowest BCUT2D eigenvalue weighted by Crippen LogP contribution is -2.42. The number of hydrogen-bond donors (Lipinski definition) is 0. The molecule has 1 nitrogen and oxygen atoms in total. The molecule has 0 bridgehead atoms. The van der Waals surface area contributed by atoms with E-state index in [1.807, 2.05) is 0 Å². The third-order valence-electron chi connectivity index (χ3n) is 1.90. The summed E-state index contributed by atoms with van der Waals surface area (Å²) in [6.07, 6.45) is -11.3. The highest BCUT2D eigenvalue weighted by Gasteiger charge is 2.61. The third kappa shape index (κ3) is 3.21. The van der Waals surface area contributed by atoms with Crippen LogP contribution >= 0.6 is 11.3 Å². The van der Waals surface area contributed by atoms with E-state index in [9.17, 15) is 31.1 Å². The van der Waals surface area contributed by atoms with E-state index in [1.54, 1.807) is 0 Å². The predicted molar refractivity (Wildman–Crippen MR) is 49.0 cm³/mol. The molecule has 0 aliphatic heterocycles. The monoisotopic (exact) mass is 276 g/mol. The SMILES string of the molecule is Cc1ccc(C(=O)C(C(F)(F)F)C(F)(F)F)s1. The van der Waals surface area contributed by atoms with E-state index in [2.05, 4.69) is 0 Å². The summed E-state index contributed by atoms with van der Waals surface area (Å²) in [5.74, 6) is -5.91. The first-order chi connectivity index (χ1) is 7.53. The van der Waals surface area contributed by atoms with E-state index in [0.29, 0.717) is 16.2 Å². The second kappa shape index (κ2) is 4.32. The number of hydrogen-bond acceptors (Lipinski definition) is 2. The van der Waals surface area contributed by atoms with Crippen molar-refractivity contribution < 1.29 is 31.1 Å². The van der Waals surface area contributed by atoms with Crippen molar-refractivity contribution in [2.75, 3.05) is 0 Å². The molecule has 0 saturated carbocycles. The second-order valence-corrected chi connectivity index (χ2v) is 4.58. The van der Waals surface area contributed by atoms with Crippen molar-refractivity contribution in [1.82, 2.24) is 0 Å². The van der Waals surface area contributed by atoms with Crippen LogP contribution in [0.4, 0.5) is 26.3 Å². The van der Waals surface area contributed by atoms with Crippen LogP contribution in [0.3, 0.4) is 0 Å². The molecule has 0 amide bonds. The summed E-state index contributed by atoms with van der Waals surface area (Å²) in [5.41, 5.74) is 0. The van der Waals surface area contributed by atoms with Gasteiger partial charge in [-0.15, -0.1) is 11.3 Å². The van der Waals surface area contributed by atoms with Crippen LogP contribution in [0.5, 0.6) is 0 Å². The molecule has 0 atom stereocenters. The standard InChI is InChI=1S/C9H6F6OS/c1-4-2-3-5(17-4)6(16)7(8(10,11)12)9(13,14)15/h2-3,7H,1H3. The van der Waals surface area contributed by atoms with Crippen LogP contribution in [0.15, 0.2) is 12.1 Å². The van der Waals surface area contributed by atoms with Crippen LogP contribution in [0.25, 0.3) is 0 Å². The average molecular weight is 276 g/mol. The summed E-state index contributed by atoms with van der Waals surface area (Å²) >= 11 is 0.607. The normalized spacial score (nSPS) is 13.2. The largest absolute Gasteiger partial charge is 0.407 e. The van der Waals surface area contributed by atoms with Crippen molar-refractivity contribution in [3.05, 3.63) is 21.9 Å². The van der Waals surface area contributed by atoms with Gasteiger partial charge in [0.05, 0.1) is 4.88 Å². The molecule has 0 N–H and O–H groups in total. The zero-order valence-electron chi connectivity index (χ0n) is 8.32. The lowest BCUT2D eigenvalue weighted by molar-refractivity contribution is -0.264. The molecule has 17 heavy (non-hydrogen) atoms. The Morgan fingerprint density at radius 2 is 1.59 bits per heavy atom. The molecule has 0 unspecified atom stereocenters. The Balaban J connectivity index is 3.13. The van der Waals surface area contributed by atoms with E-state index in [4.69, 9.17) is 0 Å². The minimum absolute atomic E-state index is 0.469. The van der Waals surface area contributed by atoms with Gasteiger partial charge in [0.1, 0.15) is 0 Å². The number of alkyl halides is 6. The molecule has 1 rings (SSSR count). The molecular weight excluding hydrogens is 270 g/mol. The summed E-state index contributed by atoms with van der Waals surface area (Å²) in [4.78, 5) is 11.2. The molecule has 96 valence electrons. The Kier molecular flexibility index (Phi) is 3.56. The number of carbonyl (C=O) groups excluding carboxylic acids is 1. The first-order valence-corrected chi connectivity index (χ1v) is 5.09.